The second kappa shape index (κ2) is 8.37. The van der Waals surface area contributed by atoms with Crippen molar-refractivity contribution in [1.82, 2.24) is 4.98 Å². The number of pyridine rings is 1. The van der Waals surface area contributed by atoms with Crippen LogP contribution in [-0.4, -0.2) is 10.9 Å². The number of amides is 1. The van der Waals surface area contributed by atoms with E-state index >= 15 is 0 Å². The summed E-state index contributed by atoms with van der Waals surface area (Å²) >= 11 is 0. The molecule has 1 N–H and O–H groups in total. The predicted octanol–water partition coefficient (Wildman–Crippen LogP) is 5.67. The molecule has 0 radical (unpaired) electrons. The summed E-state index contributed by atoms with van der Waals surface area (Å²) in [7, 11) is 0. The molecule has 1 aliphatic carbocycles. The SMILES string of the molecule is CC(C)(C#N)c1ccc2c(c1)N(C(=O)C1CCc3ccccc3CC1)Cc1cccnc1N2. The van der Waals surface area contributed by atoms with Crippen LogP contribution in [0, 0.1) is 17.2 Å². The highest BCUT2D eigenvalue weighted by molar-refractivity contribution is 5.99. The van der Waals surface area contributed by atoms with Crippen molar-refractivity contribution >= 4 is 23.1 Å². The predicted molar refractivity (Wildman–Crippen MR) is 130 cm³/mol. The van der Waals surface area contributed by atoms with Gasteiger partial charge in [-0.2, -0.15) is 5.26 Å². The highest BCUT2D eigenvalue weighted by Gasteiger charge is 2.32. The smallest absolute Gasteiger partial charge is 0.230 e. The average Bonchev–Trinajstić information content (AvgIpc) is 3.15. The molecule has 1 amide bonds. The van der Waals surface area contributed by atoms with Crippen molar-refractivity contribution in [1.29, 1.82) is 5.26 Å². The van der Waals surface area contributed by atoms with Crippen LogP contribution in [0.1, 0.15) is 48.9 Å². The normalized spacial score (nSPS) is 15.7. The van der Waals surface area contributed by atoms with E-state index in [0.717, 1.165) is 54.0 Å². The van der Waals surface area contributed by atoms with E-state index in [-0.39, 0.29) is 11.8 Å². The number of nitriles is 1. The van der Waals surface area contributed by atoms with Gasteiger partial charge < -0.3 is 10.2 Å². The fraction of sp³-hybridized carbons (Fsp3) is 0.321. The zero-order chi connectivity index (χ0) is 23.0. The second-order valence-corrected chi connectivity index (χ2v) is 9.57. The number of fused-ring (bicyclic) bond motifs is 3. The molecule has 0 saturated carbocycles. The zero-order valence-corrected chi connectivity index (χ0v) is 19.1. The van der Waals surface area contributed by atoms with Crippen LogP contribution in [0.3, 0.4) is 0 Å². The number of hydrogen-bond acceptors (Lipinski definition) is 4. The average molecular weight is 437 g/mol. The van der Waals surface area contributed by atoms with Crippen molar-refractivity contribution in [3.8, 4) is 6.07 Å². The first-order chi connectivity index (χ1) is 16.0. The number of carbonyl (C=O) groups is 1. The van der Waals surface area contributed by atoms with E-state index in [2.05, 4.69) is 40.6 Å². The van der Waals surface area contributed by atoms with Gasteiger partial charge in [0.2, 0.25) is 5.91 Å². The van der Waals surface area contributed by atoms with Crippen LogP contribution in [0.15, 0.2) is 60.8 Å². The third kappa shape index (κ3) is 3.98. The van der Waals surface area contributed by atoms with E-state index in [1.54, 1.807) is 6.20 Å². The minimum atomic E-state index is -0.648. The molecule has 2 heterocycles. The van der Waals surface area contributed by atoms with Gasteiger partial charge in [0.25, 0.3) is 0 Å². The Morgan fingerprint density at radius 1 is 1.06 bits per heavy atom. The largest absolute Gasteiger partial charge is 0.338 e. The van der Waals surface area contributed by atoms with Gasteiger partial charge in [-0.25, -0.2) is 4.98 Å². The summed E-state index contributed by atoms with van der Waals surface area (Å²) in [5.41, 5.74) is 5.62. The number of nitrogens with one attached hydrogen (secondary N) is 1. The molecule has 33 heavy (non-hydrogen) atoms. The van der Waals surface area contributed by atoms with Gasteiger partial charge >= 0.3 is 0 Å². The molecule has 2 aliphatic rings. The minimum absolute atomic E-state index is 0.0453. The molecule has 0 unspecified atom stereocenters. The Hall–Kier alpha value is -3.65. The number of benzene rings is 2. The molecule has 2 aromatic carbocycles. The molecule has 1 aromatic heterocycles. The Balaban J connectivity index is 1.54. The molecular formula is C28H28N4O. The van der Waals surface area contributed by atoms with Crippen LogP contribution in [0.2, 0.25) is 0 Å². The molecule has 0 saturated heterocycles. The summed E-state index contributed by atoms with van der Waals surface area (Å²) in [6.45, 7) is 4.27. The van der Waals surface area contributed by atoms with Gasteiger partial charge in [0, 0.05) is 17.7 Å². The molecule has 0 spiro atoms. The van der Waals surface area contributed by atoms with Crippen LogP contribution in [0.25, 0.3) is 0 Å². The summed E-state index contributed by atoms with van der Waals surface area (Å²) in [5, 5.41) is 13.1. The van der Waals surface area contributed by atoms with Gasteiger partial charge in [-0.15, -0.1) is 0 Å². The maximum absolute atomic E-state index is 14.0. The van der Waals surface area contributed by atoms with E-state index < -0.39 is 5.41 Å². The Labute approximate surface area is 195 Å². The first-order valence-corrected chi connectivity index (χ1v) is 11.6. The molecule has 0 bridgehead atoms. The highest BCUT2D eigenvalue weighted by atomic mass is 16.2. The van der Waals surface area contributed by atoms with E-state index in [1.807, 2.05) is 49.1 Å². The number of carbonyl (C=O) groups excluding carboxylic acids is 1. The maximum Gasteiger partial charge on any atom is 0.230 e. The Bertz CT molecular complexity index is 1230. The van der Waals surface area contributed by atoms with Crippen molar-refractivity contribution in [2.24, 2.45) is 5.92 Å². The van der Waals surface area contributed by atoms with Crippen molar-refractivity contribution < 1.29 is 4.79 Å². The van der Waals surface area contributed by atoms with Crippen molar-refractivity contribution in [3.63, 3.8) is 0 Å². The van der Waals surface area contributed by atoms with Gasteiger partial charge in [-0.3, -0.25) is 4.79 Å². The Morgan fingerprint density at radius 3 is 2.45 bits per heavy atom. The Morgan fingerprint density at radius 2 is 1.76 bits per heavy atom. The number of rotatable bonds is 2. The van der Waals surface area contributed by atoms with Crippen LogP contribution in [0.5, 0.6) is 0 Å². The number of aryl methyl sites for hydroxylation is 2. The third-order valence-electron chi connectivity index (χ3n) is 7.02. The number of anilines is 3. The summed E-state index contributed by atoms with van der Waals surface area (Å²) in [4.78, 5) is 20.4. The maximum atomic E-state index is 14.0. The molecule has 0 fully saturated rings. The van der Waals surface area contributed by atoms with E-state index in [0.29, 0.717) is 6.54 Å². The fourth-order valence-corrected chi connectivity index (χ4v) is 4.89. The topological polar surface area (TPSA) is 69.0 Å². The number of aromatic nitrogens is 1. The third-order valence-corrected chi connectivity index (χ3v) is 7.02. The lowest BCUT2D eigenvalue weighted by molar-refractivity contribution is -0.122. The van der Waals surface area contributed by atoms with Crippen LogP contribution in [-0.2, 0) is 29.6 Å². The van der Waals surface area contributed by atoms with Crippen LogP contribution >= 0.6 is 0 Å². The summed E-state index contributed by atoms with van der Waals surface area (Å²) in [6, 6.07) is 20.8. The lowest BCUT2D eigenvalue weighted by atomic mass is 9.85. The fourth-order valence-electron chi connectivity index (χ4n) is 4.89. The van der Waals surface area contributed by atoms with E-state index in [4.69, 9.17) is 0 Å². The highest BCUT2D eigenvalue weighted by Crippen LogP contribution is 2.39. The molecule has 166 valence electrons. The lowest BCUT2D eigenvalue weighted by Crippen LogP contribution is -2.36. The van der Waals surface area contributed by atoms with Crippen LogP contribution < -0.4 is 10.2 Å². The van der Waals surface area contributed by atoms with Crippen molar-refractivity contribution in [3.05, 3.63) is 83.0 Å². The molecular weight excluding hydrogens is 408 g/mol. The van der Waals surface area contributed by atoms with Crippen molar-refractivity contribution in [2.75, 3.05) is 10.2 Å². The minimum Gasteiger partial charge on any atom is -0.338 e. The first kappa shape index (κ1) is 21.2. The standard InChI is InChI=1S/C28H28N4O/c1-28(2,18-29)23-13-14-24-25(16-23)32(17-22-8-5-15-30-26(22)31-24)27(33)21-11-9-19-6-3-4-7-20(19)10-12-21/h3-8,13-16,21H,9-12,17H2,1-2H3,(H,30,31). The monoisotopic (exact) mass is 436 g/mol. The van der Waals surface area contributed by atoms with Gasteiger partial charge in [-0.05, 0) is 74.4 Å². The summed E-state index contributed by atoms with van der Waals surface area (Å²) in [5.74, 6) is 0.875. The number of nitrogens with zero attached hydrogens (tertiary/aromatic N) is 3. The van der Waals surface area contributed by atoms with Gasteiger partial charge in [-0.1, -0.05) is 36.4 Å². The zero-order valence-electron chi connectivity index (χ0n) is 19.1. The molecule has 0 atom stereocenters. The summed E-state index contributed by atoms with van der Waals surface area (Å²) < 4.78 is 0. The Kier molecular flexibility index (Phi) is 5.38. The molecule has 5 heteroatoms. The van der Waals surface area contributed by atoms with E-state index in [1.165, 1.54) is 11.1 Å². The molecule has 1 aliphatic heterocycles. The van der Waals surface area contributed by atoms with Crippen LogP contribution in [0.4, 0.5) is 17.2 Å². The molecule has 3 aromatic rings. The second-order valence-electron chi connectivity index (χ2n) is 9.57. The van der Waals surface area contributed by atoms with Gasteiger partial charge in [0.05, 0.1) is 29.4 Å². The van der Waals surface area contributed by atoms with Crippen molar-refractivity contribution in [2.45, 2.75) is 51.5 Å². The quantitative estimate of drug-likeness (QED) is 0.526. The summed E-state index contributed by atoms with van der Waals surface area (Å²) in [6.07, 6.45) is 5.30. The van der Waals surface area contributed by atoms with Gasteiger partial charge in [0.15, 0.2) is 0 Å². The van der Waals surface area contributed by atoms with E-state index in [9.17, 15) is 10.1 Å². The molecule has 5 rings (SSSR count). The molecule has 5 nitrogen and oxygen atoms in total. The lowest BCUT2D eigenvalue weighted by Gasteiger charge is -2.28. The van der Waals surface area contributed by atoms with Gasteiger partial charge in [0.1, 0.15) is 5.82 Å². The first-order valence-electron chi connectivity index (χ1n) is 11.6. The number of hydrogen-bond donors (Lipinski definition) is 1.